The first-order valence-electron chi connectivity index (χ1n) is 8.80. The molecule has 0 unspecified atom stereocenters. The average Bonchev–Trinajstić information content (AvgIpc) is 3.23. The zero-order chi connectivity index (χ0) is 21.6. The summed E-state index contributed by atoms with van der Waals surface area (Å²) in [7, 11) is -3.98. The molecule has 3 aromatic rings. The Morgan fingerprint density at radius 3 is 2.60 bits per heavy atom. The number of anilines is 1. The smallest absolute Gasteiger partial charge is 0.261 e. The van der Waals surface area contributed by atoms with Crippen molar-refractivity contribution in [1.29, 1.82) is 0 Å². The van der Waals surface area contributed by atoms with Crippen molar-refractivity contribution in [3.63, 3.8) is 0 Å². The van der Waals surface area contributed by atoms with E-state index < -0.39 is 15.8 Å². The van der Waals surface area contributed by atoms with Crippen LogP contribution in [-0.4, -0.2) is 26.6 Å². The van der Waals surface area contributed by atoms with E-state index in [-0.39, 0.29) is 27.1 Å². The molecule has 1 aromatic heterocycles. The molecule has 3 rings (SSSR count). The number of amides is 1. The number of carbonyl (C=O) groups is 1. The highest BCUT2D eigenvalue weighted by Crippen LogP contribution is 2.26. The Hall–Kier alpha value is -2.07. The first-order valence-corrected chi connectivity index (χ1v) is 12.8. The van der Waals surface area contributed by atoms with Crippen molar-refractivity contribution < 1.29 is 17.6 Å². The molecule has 0 aliphatic rings. The van der Waals surface area contributed by atoms with Gasteiger partial charge in [0.1, 0.15) is 5.82 Å². The zero-order valence-electron chi connectivity index (χ0n) is 15.6. The summed E-state index contributed by atoms with van der Waals surface area (Å²) in [4.78, 5) is 12.3. The molecule has 30 heavy (non-hydrogen) atoms. The molecule has 1 amide bonds. The minimum Gasteiger partial charge on any atom is -0.351 e. The molecule has 5 nitrogen and oxygen atoms in total. The number of thioether (sulfide) groups is 1. The van der Waals surface area contributed by atoms with Gasteiger partial charge in [0, 0.05) is 23.6 Å². The zero-order valence-corrected chi connectivity index (χ0v) is 18.8. The van der Waals surface area contributed by atoms with E-state index in [0.717, 1.165) is 35.8 Å². The molecule has 2 aromatic carbocycles. The van der Waals surface area contributed by atoms with Crippen molar-refractivity contribution >= 4 is 56.3 Å². The van der Waals surface area contributed by atoms with Gasteiger partial charge in [0.15, 0.2) is 0 Å². The molecule has 0 fully saturated rings. The molecule has 0 aliphatic heterocycles. The first kappa shape index (κ1) is 22.6. The van der Waals surface area contributed by atoms with Crippen LogP contribution in [0.5, 0.6) is 0 Å². The van der Waals surface area contributed by atoms with Crippen LogP contribution in [0.15, 0.2) is 64.2 Å². The fourth-order valence-electron chi connectivity index (χ4n) is 2.47. The summed E-state index contributed by atoms with van der Waals surface area (Å²) in [5.74, 6) is 0.763. The van der Waals surface area contributed by atoms with E-state index in [0.29, 0.717) is 6.54 Å². The Morgan fingerprint density at radius 1 is 1.13 bits per heavy atom. The molecule has 0 aliphatic carbocycles. The second-order valence-corrected chi connectivity index (χ2v) is 10.2. The maximum Gasteiger partial charge on any atom is 0.261 e. The number of carbonyl (C=O) groups excluding carboxylic acids is 1. The molecule has 2 N–H and O–H groups in total. The van der Waals surface area contributed by atoms with Gasteiger partial charge in [0.05, 0.1) is 15.6 Å². The number of nitrogens with one attached hydrogen (secondary N) is 2. The Balaban J connectivity index is 1.59. The van der Waals surface area contributed by atoms with E-state index in [1.165, 1.54) is 23.8 Å². The van der Waals surface area contributed by atoms with Gasteiger partial charge < -0.3 is 5.32 Å². The van der Waals surface area contributed by atoms with Crippen molar-refractivity contribution in [3.05, 3.63) is 81.3 Å². The number of hydrogen-bond acceptors (Lipinski definition) is 5. The van der Waals surface area contributed by atoms with E-state index in [1.54, 1.807) is 23.1 Å². The van der Waals surface area contributed by atoms with E-state index >= 15 is 0 Å². The molecule has 0 saturated carbocycles. The standard InChI is InChI=1S/C20H18ClFN2O3S3/c21-18-6-1-15(20(25)23-8-10-29-13-14-7-9-28-12-14)11-19(18)24-30(26,27)17-4-2-16(22)3-5-17/h1-7,9,11-12,24H,8,10,13H2,(H,23,25). The normalized spacial score (nSPS) is 11.3. The molecule has 0 bridgehead atoms. The summed E-state index contributed by atoms with van der Waals surface area (Å²) >= 11 is 9.46. The van der Waals surface area contributed by atoms with Crippen LogP contribution >= 0.6 is 34.7 Å². The second kappa shape index (κ2) is 10.3. The lowest BCUT2D eigenvalue weighted by atomic mass is 10.2. The molecule has 0 atom stereocenters. The maximum absolute atomic E-state index is 13.0. The van der Waals surface area contributed by atoms with Crippen LogP contribution in [0, 0.1) is 5.82 Å². The van der Waals surface area contributed by atoms with Gasteiger partial charge in [0.25, 0.3) is 15.9 Å². The fourth-order valence-corrected chi connectivity index (χ4v) is 5.34. The van der Waals surface area contributed by atoms with E-state index in [2.05, 4.69) is 21.5 Å². The largest absolute Gasteiger partial charge is 0.351 e. The molecule has 1 heterocycles. The van der Waals surface area contributed by atoms with Crippen molar-refractivity contribution in [2.24, 2.45) is 0 Å². The number of halogens is 2. The first-order chi connectivity index (χ1) is 14.3. The van der Waals surface area contributed by atoms with Gasteiger partial charge >= 0.3 is 0 Å². The summed E-state index contributed by atoms with van der Waals surface area (Å²) in [6.07, 6.45) is 0. The molecular weight excluding hydrogens is 467 g/mol. The molecule has 0 saturated heterocycles. The molecule has 0 radical (unpaired) electrons. The highest BCUT2D eigenvalue weighted by atomic mass is 35.5. The van der Waals surface area contributed by atoms with Crippen LogP contribution in [-0.2, 0) is 15.8 Å². The highest BCUT2D eigenvalue weighted by molar-refractivity contribution is 7.98. The summed E-state index contributed by atoms with van der Waals surface area (Å²) in [6.45, 7) is 0.479. The van der Waals surface area contributed by atoms with E-state index in [1.807, 2.05) is 5.38 Å². The predicted octanol–water partition coefficient (Wildman–Crippen LogP) is 5.00. The van der Waals surface area contributed by atoms with Gasteiger partial charge in [-0.05, 0) is 64.9 Å². The number of thiophene rings is 1. The van der Waals surface area contributed by atoms with Crippen molar-refractivity contribution in [1.82, 2.24) is 5.32 Å². The lowest BCUT2D eigenvalue weighted by Crippen LogP contribution is -2.26. The van der Waals surface area contributed by atoms with Crippen LogP contribution in [0.3, 0.4) is 0 Å². The molecule has 10 heteroatoms. The Labute approximate surface area is 187 Å². The average molecular weight is 485 g/mol. The third-order valence-corrected chi connectivity index (χ3v) is 7.45. The molecular formula is C20H18ClFN2O3S3. The van der Waals surface area contributed by atoms with Crippen molar-refractivity contribution in [2.45, 2.75) is 10.6 Å². The second-order valence-electron chi connectivity index (χ2n) is 6.19. The molecule has 0 spiro atoms. The maximum atomic E-state index is 13.0. The summed E-state index contributed by atoms with van der Waals surface area (Å²) in [5, 5.41) is 7.07. The van der Waals surface area contributed by atoms with Gasteiger partial charge in [-0.2, -0.15) is 23.1 Å². The fraction of sp³-hybridized carbons (Fsp3) is 0.150. The van der Waals surface area contributed by atoms with Crippen molar-refractivity contribution in [2.75, 3.05) is 17.0 Å². The number of rotatable bonds is 9. The van der Waals surface area contributed by atoms with Gasteiger partial charge in [-0.1, -0.05) is 11.6 Å². The third kappa shape index (κ3) is 6.21. The third-order valence-electron chi connectivity index (χ3n) is 3.98. The predicted molar refractivity (Wildman–Crippen MR) is 121 cm³/mol. The summed E-state index contributed by atoms with van der Waals surface area (Å²) in [6, 6.07) is 10.8. The monoisotopic (exact) mass is 484 g/mol. The minimum atomic E-state index is -3.98. The summed E-state index contributed by atoms with van der Waals surface area (Å²) < 4.78 is 40.4. The Bertz CT molecular complexity index is 1100. The van der Waals surface area contributed by atoms with Crippen LogP contribution in [0.2, 0.25) is 5.02 Å². The summed E-state index contributed by atoms with van der Waals surface area (Å²) in [5.41, 5.74) is 1.60. The minimum absolute atomic E-state index is 0.0699. The number of sulfonamides is 1. The quantitative estimate of drug-likeness (QED) is 0.419. The van der Waals surface area contributed by atoms with Crippen molar-refractivity contribution in [3.8, 4) is 0 Å². The van der Waals surface area contributed by atoms with Crippen LogP contribution in [0.25, 0.3) is 0 Å². The Morgan fingerprint density at radius 2 is 1.90 bits per heavy atom. The Kier molecular flexibility index (Phi) is 7.76. The highest BCUT2D eigenvalue weighted by Gasteiger charge is 2.17. The SMILES string of the molecule is O=C(NCCSCc1ccsc1)c1ccc(Cl)c(NS(=O)(=O)c2ccc(F)cc2)c1. The lowest BCUT2D eigenvalue weighted by Gasteiger charge is -2.12. The topological polar surface area (TPSA) is 75.3 Å². The van der Waals surface area contributed by atoms with Gasteiger partial charge in [-0.3, -0.25) is 9.52 Å². The van der Waals surface area contributed by atoms with E-state index in [4.69, 9.17) is 11.6 Å². The van der Waals surface area contributed by atoms with Crippen LogP contribution in [0.1, 0.15) is 15.9 Å². The molecule has 158 valence electrons. The number of hydrogen-bond donors (Lipinski definition) is 2. The van der Waals surface area contributed by atoms with Crippen LogP contribution in [0.4, 0.5) is 10.1 Å². The number of benzene rings is 2. The van der Waals surface area contributed by atoms with Gasteiger partial charge in [-0.25, -0.2) is 12.8 Å². The van der Waals surface area contributed by atoms with Gasteiger partial charge in [-0.15, -0.1) is 0 Å². The van der Waals surface area contributed by atoms with E-state index in [9.17, 15) is 17.6 Å². The van der Waals surface area contributed by atoms with Crippen LogP contribution < -0.4 is 10.0 Å². The van der Waals surface area contributed by atoms with Gasteiger partial charge in [0.2, 0.25) is 0 Å². The lowest BCUT2D eigenvalue weighted by molar-refractivity contribution is 0.0956.